The SMILES string of the molecule is C=C1CN2CC(=C)CC2(COC(C)C)C1.C=C1CNCCCC(C)(COCC)C1.CC. The van der Waals surface area contributed by atoms with Gasteiger partial charge < -0.3 is 14.8 Å². The van der Waals surface area contributed by atoms with Crippen LogP contribution in [0.4, 0.5) is 0 Å². The van der Waals surface area contributed by atoms with Crippen molar-refractivity contribution in [1.82, 2.24) is 10.2 Å². The Labute approximate surface area is 193 Å². The molecular weight excluding hydrogens is 384 g/mol. The van der Waals surface area contributed by atoms with Crippen LogP contribution >= 0.6 is 0 Å². The highest BCUT2D eigenvalue weighted by molar-refractivity contribution is 5.26. The maximum Gasteiger partial charge on any atom is 0.0660 e. The van der Waals surface area contributed by atoms with Crippen LogP contribution in [0.3, 0.4) is 0 Å². The first kappa shape index (κ1) is 28.1. The van der Waals surface area contributed by atoms with Crippen LogP contribution in [0.25, 0.3) is 0 Å². The van der Waals surface area contributed by atoms with Crippen molar-refractivity contribution in [2.24, 2.45) is 5.41 Å². The predicted octanol–water partition coefficient (Wildman–Crippen LogP) is 5.76. The topological polar surface area (TPSA) is 33.7 Å². The Bertz CT molecular complexity index is 560. The van der Waals surface area contributed by atoms with E-state index in [1.807, 2.05) is 13.8 Å². The maximum absolute atomic E-state index is 5.80. The van der Waals surface area contributed by atoms with Gasteiger partial charge in [-0.25, -0.2) is 0 Å². The summed E-state index contributed by atoms with van der Waals surface area (Å²) in [5.74, 6) is 0. The van der Waals surface area contributed by atoms with Crippen molar-refractivity contribution >= 4 is 0 Å². The Morgan fingerprint density at radius 2 is 1.61 bits per heavy atom. The number of hydrogen-bond donors (Lipinski definition) is 1. The van der Waals surface area contributed by atoms with E-state index in [-0.39, 0.29) is 5.54 Å². The highest BCUT2D eigenvalue weighted by Gasteiger charge is 2.47. The van der Waals surface area contributed by atoms with Crippen molar-refractivity contribution in [2.75, 3.05) is 46.0 Å². The average Bonchev–Trinajstić information content (AvgIpc) is 3.15. The molecule has 0 aromatic rings. The summed E-state index contributed by atoms with van der Waals surface area (Å²) in [5, 5.41) is 3.39. The molecule has 1 N–H and O–H groups in total. The molecule has 180 valence electrons. The van der Waals surface area contributed by atoms with Gasteiger partial charge in [0.1, 0.15) is 0 Å². The van der Waals surface area contributed by atoms with Crippen molar-refractivity contribution < 1.29 is 9.47 Å². The largest absolute Gasteiger partial charge is 0.381 e. The molecule has 0 aromatic carbocycles. The number of rotatable bonds is 6. The van der Waals surface area contributed by atoms with Gasteiger partial charge in [-0.1, -0.05) is 57.2 Å². The molecule has 0 spiro atoms. The van der Waals surface area contributed by atoms with Crippen LogP contribution in [0.15, 0.2) is 36.5 Å². The van der Waals surface area contributed by atoms with Crippen molar-refractivity contribution in [3.05, 3.63) is 36.5 Å². The van der Waals surface area contributed by atoms with E-state index in [1.54, 1.807) is 0 Å². The molecule has 3 rings (SSSR count). The molecule has 4 heteroatoms. The van der Waals surface area contributed by atoms with Crippen LogP contribution in [0.1, 0.15) is 73.6 Å². The smallest absolute Gasteiger partial charge is 0.0660 e. The minimum Gasteiger partial charge on any atom is -0.381 e. The Morgan fingerprint density at radius 1 is 1.00 bits per heavy atom. The molecule has 3 heterocycles. The first-order valence-electron chi connectivity index (χ1n) is 12.3. The maximum atomic E-state index is 5.80. The molecule has 0 aliphatic carbocycles. The molecule has 0 amide bonds. The third-order valence-corrected chi connectivity index (χ3v) is 6.18. The van der Waals surface area contributed by atoms with Crippen molar-refractivity contribution in [1.29, 1.82) is 0 Å². The molecule has 0 saturated carbocycles. The molecule has 1 unspecified atom stereocenters. The predicted molar refractivity (Wildman–Crippen MR) is 135 cm³/mol. The molecule has 1 atom stereocenters. The molecule has 0 aromatic heterocycles. The summed E-state index contributed by atoms with van der Waals surface area (Å²) in [7, 11) is 0. The van der Waals surface area contributed by atoms with Gasteiger partial charge >= 0.3 is 0 Å². The van der Waals surface area contributed by atoms with Gasteiger partial charge in [-0.05, 0) is 64.8 Å². The van der Waals surface area contributed by atoms with E-state index in [1.165, 1.54) is 29.6 Å². The van der Waals surface area contributed by atoms with Gasteiger partial charge in [-0.2, -0.15) is 0 Å². The van der Waals surface area contributed by atoms with Gasteiger partial charge in [0.2, 0.25) is 0 Å². The molecule has 4 nitrogen and oxygen atoms in total. The van der Waals surface area contributed by atoms with Crippen LogP contribution in [0.2, 0.25) is 0 Å². The average molecular weight is 435 g/mol. The third kappa shape index (κ3) is 9.21. The van der Waals surface area contributed by atoms with E-state index in [0.717, 1.165) is 65.3 Å². The quantitative estimate of drug-likeness (QED) is 0.539. The summed E-state index contributed by atoms with van der Waals surface area (Å²) in [6.07, 6.45) is 6.05. The third-order valence-electron chi connectivity index (χ3n) is 6.18. The first-order chi connectivity index (χ1) is 14.7. The van der Waals surface area contributed by atoms with Crippen LogP contribution < -0.4 is 5.32 Å². The fourth-order valence-electron chi connectivity index (χ4n) is 4.91. The Morgan fingerprint density at radius 3 is 2.16 bits per heavy atom. The molecule has 31 heavy (non-hydrogen) atoms. The Kier molecular flexibility index (Phi) is 12.3. The first-order valence-corrected chi connectivity index (χ1v) is 12.3. The lowest BCUT2D eigenvalue weighted by molar-refractivity contribution is 0.00344. The summed E-state index contributed by atoms with van der Waals surface area (Å²) in [5.41, 5.74) is 4.50. The van der Waals surface area contributed by atoms with Gasteiger partial charge in [0.15, 0.2) is 0 Å². The summed E-state index contributed by atoms with van der Waals surface area (Å²) >= 11 is 0. The fourth-order valence-corrected chi connectivity index (χ4v) is 4.91. The summed E-state index contributed by atoms with van der Waals surface area (Å²) < 4.78 is 11.4. The fraction of sp³-hybridized carbons (Fsp3) is 0.778. The lowest BCUT2D eigenvalue weighted by atomic mass is 9.79. The minimum atomic E-state index is 0.193. The van der Waals surface area contributed by atoms with Gasteiger partial charge in [0.05, 0.1) is 24.9 Å². The van der Waals surface area contributed by atoms with Crippen LogP contribution in [0.5, 0.6) is 0 Å². The van der Waals surface area contributed by atoms with E-state index >= 15 is 0 Å². The molecular formula is C27H50N2O2. The van der Waals surface area contributed by atoms with Gasteiger partial charge in [-0.15, -0.1) is 0 Å². The highest BCUT2D eigenvalue weighted by Crippen LogP contribution is 2.42. The molecule has 0 bridgehead atoms. The van der Waals surface area contributed by atoms with Crippen molar-refractivity contribution in [2.45, 2.75) is 85.3 Å². The van der Waals surface area contributed by atoms with Crippen molar-refractivity contribution in [3.63, 3.8) is 0 Å². The van der Waals surface area contributed by atoms with Crippen LogP contribution in [-0.2, 0) is 9.47 Å². The second-order valence-corrected chi connectivity index (χ2v) is 9.95. The lowest BCUT2D eigenvalue weighted by Crippen LogP contribution is -2.43. The Hall–Kier alpha value is -0.940. The normalized spacial score (nSPS) is 25.8. The Balaban J connectivity index is 0.000000288. The summed E-state index contributed by atoms with van der Waals surface area (Å²) in [6, 6.07) is 0. The monoisotopic (exact) mass is 434 g/mol. The van der Waals surface area contributed by atoms with E-state index in [9.17, 15) is 0 Å². The second-order valence-electron chi connectivity index (χ2n) is 9.95. The van der Waals surface area contributed by atoms with Crippen LogP contribution in [0, 0.1) is 5.41 Å². The zero-order valence-corrected chi connectivity index (χ0v) is 21.4. The van der Waals surface area contributed by atoms with E-state index in [0.29, 0.717) is 11.5 Å². The number of nitrogens with one attached hydrogen (secondary N) is 1. The standard InChI is InChI=1S/C13H21NO.C12H23NO.C2H6/c1-10(2)15-9-13-5-11(3)7-14(13)8-12(4)6-13;1-4-14-10-12(3)6-5-7-13-9-11(2)8-12;1-2/h10H,3-9H2,1-2H3;13H,2,4-10H2,1,3H3;1-2H3. The van der Waals surface area contributed by atoms with E-state index in [2.05, 4.69) is 57.6 Å². The van der Waals surface area contributed by atoms with Crippen molar-refractivity contribution in [3.8, 4) is 0 Å². The zero-order chi connectivity index (χ0) is 23.5. The second kappa shape index (κ2) is 13.6. The van der Waals surface area contributed by atoms with E-state index in [4.69, 9.17) is 9.47 Å². The van der Waals surface area contributed by atoms with Gasteiger partial charge in [0, 0.05) is 26.2 Å². The molecule has 3 saturated heterocycles. The summed E-state index contributed by atoms with van der Waals surface area (Å²) in [6.45, 7) is 31.5. The molecule has 3 aliphatic rings. The van der Waals surface area contributed by atoms with Gasteiger partial charge in [-0.3, -0.25) is 4.90 Å². The highest BCUT2D eigenvalue weighted by atomic mass is 16.5. The van der Waals surface area contributed by atoms with E-state index < -0.39 is 0 Å². The van der Waals surface area contributed by atoms with Gasteiger partial charge in [0.25, 0.3) is 0 Å². The van der Waals surface area contributed by atoms with Crippen LogP contribution in [-0.4, -0.2) is 62.5 Å². The molecule has 3 aliphatic heterocycles. The molecule has 0 radical (unpaired) electrons. The number of hydrogen-bond acceptors (Lipinski definition) is 4. The zero-order valence-electron chi connectivity index (χ0n) is 21.4. The number of nitrogens with zero attached hydrogens (tertiary/aromatic N) is 1. The number of fused-ring (bicyclic) bond motifs is 1. The number of ether oxygens (including phenoxy) is 2. The minimum absolute atomic E-state index is 0.193. The molecule has 3 fully saturated rings. The lowest BCUT2D eigenvalue weighted by Gasteiger charge is -2.32. The summed E-state index contributed by atoms with van der Waals surface area (Å²) in [4.78, 5) is 2.49.